The molecule has 1 aromatic carbocycles. The average Bonchev–Trinajstić information content (AvgIpc) is 2.54. The summed E-state index contributed by atoms with van der Waals surface area (Å²) in [7, 11) is -1.43. The molecular formula is C16H25ClN2O4S. The van der Waals surface area contributed by atoms with Gasteiger partial charge in [-0.3, -0.25) is 9.63 Å². The molecule has 6 nitrogen and oxygen atoms in total. The zero-order valence-corrected chi connectivity index (χ0v) is 16.1. The Balaban J connectivity index is 2.95. The van der Waals surface area contributed by atoms with Crippen LogP contribution in [-0.4, -0.2) is 39.0 Å². The molecule has 0 aromatic heterocycles. The van der Waals surface area contributed by atoms with Crippen molar-refractivity contribution in [1.29, 1.82) is 0 Å². The third-order valence-electron chi connectivity index (χ3n) is 3.69. The van der Waals surface area contributed by atoms with Gasteiger partial charge in [-0.15, -0.1) is 0 Å². The van der Waals surface area contributed by atoms with Crippen molar-refractivity contribution in [3.63, 3.8) is 0 Å². The first-order chi connectivity index (χ1) is 11.2. The van der Waals surface area contributed by atoms with E-state index < -0.39 is 10.0 Å². The summed E-state index contributed by atoms with van der Waals surface area (Å²) >= 11 is 5.98. The average molecular weight is 377 g/mol. The van der Waals surface area contributed by atoms with Gasteiger partial charge in [0.2, 0.25) is 0 Å². The number of unbranched alkanes of at least 4 members (excludes halogenated alkanes) is 2. The van der Waals surface area contributed by atoms with Gasteiger partial charge in [-0.25, -0.2) is 8.42 Å². The van der Waals surface area contributed by atoms with Gasteiger partial charge in [0.1, 0.15) is 4.90 Å². The van der Waals surface area contributed by atoms with E-state index in [1.165, 1.54) is 32.4 Å². The Kier molecular flexibility index (Phi) is 8.15. The smallest absolute Gasteiger partial charge is 0.266 e. The molecule has 24 heavy (non-hydrogen) atoms. The van der Waals surface area contributed by atoms with E-state index in [2.05, 4.69) is 12.2 Å². The second kappa shape index (κ2) is 9.36. The van der Waals surface area contributed by atoms with Gasteiger partial charge in [-0.05, 0) is 31.5 Å². The maximum Gasteiger partial charge on any atom is 0.266 e. The van der Waals surface area contributed by atoms with Crippen molar-refractivity contribution in [3.8, 4) is 0 Å². The van der Waals surface area contributed by atoms with Gasteiger partial charge < -0.3 is 5.32 Å². The SMILES string of the molecule is CCCCCC(C)NC(=O)c1ccc(Cl)c(S(=O)(=O)N(C)OC)c1. The summed E-state index contributed by atoms with van der Waals surface area (Å²) in [6.45, 7) is 4.05. The lowest BCUT2D eigenvalue weighted by atomic mass is 10.1. The highest BCUT2D eigenvalue weighted by Gasteiger charge is 2.25. The summed E-state index contributed by atoms with van der Waals surface area (Å²) in [4.78, 5) is 16.9. The number of hydrogen-bond donors (Lipinski definition) is 1. The first kappa shape index (κ1) is 20.9. The molecule has 1 unspecified atom stereocenters. The van der Waals surface area contributed by atoms with E-state index in [1.54, 1.807) is 0 Å². The number of carbonyl (C=O) groups excluding carboxylic acids is 1. The van der Waals surface area contributed by atoms with Crippen molar-refractivity contribution in [2.24, 2.45) is 0 Å². The van der Waals surface area contributed by atoms with Crippen LogP contribution in [0.4, 0.5) is 0 Å². The second-order valence-corrected chi connectivity index (χ2v) is 7.92. The molecule has 136 valence electrons. The fourth-order valence-electron chi connectivity index (χ4n) is 2.16. The predicted molar refractivity (Wildman–Crippen MR) is 94.5 cm³/mol. The fraction of sp³-hybridized carbons (Fsp3) is 0.562. The summed E-state index contributed by atoms with van der Waals surface area (Å²) in [6, 6.07) is 4.18. The minimum Gasteiger partial charge on any atom is -0.350 e. The number of hydroxylamine groups is 1. The van der Waals surface area contributed by atoms with Crippen LogP contribution in [0.1, 0.15) is 49.9 Å². The molecule has 0 aliphatic heterocycles. The number of rotatable bonds is 9. The molecule has 0 fully saturated rings. The van der Waals surface area contributed by atoms with Gasteiger partial charge >= 0.3 is 0 Å². The van der Waals surface area contributed by atoms with Crippen LogP contribution in [-0.2, 0) is 14.9 Å². The molecule has 0 bridgehead atoms. The van der Waals surface area contributed by atoms with E-state index >= 15 is 0 Å². The van der Waals surface area contributed by atoms with Gasteiger partial charge in [0.25, 0.3) is 15.9 Å². The second-order valence-electron chi connectivity index (χ2n) is 5.61. The Hall–Kier alpha value is -1.15. The van der Waals surface area contributed by atoms with Gasteiger partial charge in [0, 0.05) is 18.7 Å². The summed E-state index contributed by atoms with van der Waals surface area (Å²) in [5.41, 5.74) is 0.241. The van der Waals surface area contributed by atoms with E-state index in [0.717, 1.165) is 25.7 Å². The highest BCUT2D eigenvalue weighted by atomic mass is 35.5. The topological polar surface area (TPSA) is 75.7 Å². The first-order valence-corrected chi connectivity index (χ1v) is 9.69. The van der Waals surface area contributed by atoms with Crippen molar-refractivity contribution in [2.75, 3.05) is 14.2 Å². The van der Waals surface area contributed by atoms with Crippen LogP contribution in [0.5, 0.6) is 0 Å². The highest BCUT2D eigenvalue weighted by Crippen LogP contribution is 2.25. The number of sulfonamides is 1. The Morgan fingerprint density at radius 3 is 2.62 bits per heavy atom. The van der Waals surface area contributed by atoms with E-state index in [4.69, 9.17) is 16.4 Å². The van der Waals surface area contributed by atoms with Crippen molar-refractivity contribution >= 4 is 27.5 Å². The van der Waals surface area contributed by atoms with E-state index in [1.807, 2.05) is 6.92 Å². The van der Waals surface area contributed by atoms with E-state index in [0.29, 0.717) is 4.47 Å². The summed E-state index contributed by atoms with van der Waals surface area (Å²) < 4.78 is 25.4. The molecule has 1 N–H and O–H groups in total. The summed E-state index contributed by atoms with van der Waals surface area (Å²) in [6.07, 6.45) is 4.15. The third-order valence-corrected chi connectivity index (χ3v) is 5.85. The van der Waals surface area contributed by atoms with Gasteiger partial charge in [0.05, 0.1) is 12.1 Å². The number of carbonyl (C=O) groups is 1. The van der Waals surface area contributed by atoms with Crippen molar-refractivity contribution in [3.05, 3.63) is 28.8 Å². The predicted octanol–water partition coefficient (Wildman–Crippen LogP) is 3.22. The maximum atomic E-state index is 12.3. The van der Waals surface area contributed by atoms with Gasteiger partial charge in [-0.2, -0.15) is 0 Å². The quantitative estimate of drug-likeness (QED) is 0.530. The van der Waals surface area contributed by atoms with Crippen LogP contribution in [0.25, 0.3) is 0 Å². The zero-order chi connectivity index (χ0) is 18.3. The van der Waals surface area contributed by atoms with Gasteiger partial charge in [-0.1, -0.05) is 42.3 Å². The molecule has 0 aliphatic carbocycles. The number of hydrogen-bond acceptors (Lipinski definition) is 4. The minimum absolute atomic E-state index is 0.0152. The number of nitrogens with one attached hydrogen (secondary N) is 1. The Morgan fingerprint density at radius 2 is 2.04 bits per heavy atom. The fourth-order valence-corrected chi connectivity index (χ4v) is 3.63. The molecule has 0 saturated carbocycles. The van der Waals surface area contributed by atoms with Crippen LogP contribution in [0.15, 0.2) is 23.1 Å². The molecule has 0 radical (unpaired) electrons. The Morgan fingerprint density at radius 1 is 1.38 bits per heavy atom. The largest absolute Gasteiger partial charge is 0.350 e. The van der Waals surface area contributed by atoms with Crippen molar-refractivity contribution in [2.45, 2.75) is 50.5 Å². The number of benzene rings is 1. The molecule has 0 aliphatic rings. The molecule has 1 rings (SSSR count). The lowest BCUT2D eigenvalue weighted by Crippen LogP contribution is -2.33. The van der Waals surface area contributed by atoms with Crippen LogP contribution >= 0.6 is 11.6 Å². The van der Waals surface area contributed by atoms with E-state index in [9.17, 15) is 13.2 Å². The molecule has 0 spiro atoms. The zero-order valence-electron chi connectivity index (χ0n) is 14.5. The van der Waals surface area contributed by atoms with Crippen LogP contribution in [0.3, 0.4) is 0 Å². The molecule has 1 atom stereocenters. The molecule has 1 amide bonds. The molecule has 0 saturated heterocycles. The molecule has 8 heteroatoms. The lowest BCUT2D eigenvalue weighted by Gasteiger charge is -2.17. The number of nitrogens with zero attached hydrogens (tertiary/aromatic N) is 1. The molecule has 1 aromatic rings. The Bertz CT molecular complexity index is 664. The monoisotopic (exact) mass is 376 g/mol. The molecule has 0 heterocycles. The van der Waals surface area contributed by atoms with Crippen molar-refractivity contribution in [1.82, 2.24) is 9.79 Å². The van der Waals surface area contributed by atoms with Gasteiger partial charge in [0.15, 0.2) is 0 Å². The maximum absolute atomic E-state index is 12.3. The summed E-state index contributed by atoms with van der Waals surface area (Å²) in [5, 5.41) is 2.91. The number of halogens is 1. The normalized spacial score (nSPS) is 13.1. The Labute approximate surface area is 149 Å². The minimum atomic E-state index is -3.92. The van der Waals surface area contributed by atoms with Crippen LogP contribution in [0, 0.1) is 0 Å². The molecular weight excluding hydrogens is 352 g/mol. The van der Waals surface area contributed by atoms with Crippen LogP contribution < -0.4 is 5.32 Å². The summed E-state index contributed by atoms with van der Waals surface area (Å²) in [5.74, 6) is -0.327. The first-order valence-electron chi connectivity index (χ1n) is 7.87. The third kappa shape index (κ3) is 5.44. The lowest BCUT2D eigenvalue weighted by molar-refractivity contribution is -0.0258. The standard InChI is InChI=1S/C16H25ClN2O4S/c1-5-6-7-8-12(2)18-16(20)13-9-10-14(17)15(11-13)24(21,22)19(3)23-4/h9-12H,5-8H2,1-4H3,(H,18,20). The van der Waals surface area contributed by atoms with Crippen molar-refractivity contribution < 1.29 is 18.0 Å². The van der Waals surface area contributed by atoms with Crippen LogP contribution in [0.2, 0.25) is 5.02 Å². The van der Waals surface area contributed by atoms with E-state index in [-0.39, 0.29) is 27.4 Å². The number of amides is 1. The highest BCUT2D eigenvalue weighted by molar-refractivity contribution is 7.89.